The van der Waals surface area contributed by atoms with Gasteiger partial charge < -0.3 is 9.47 Å². The van der Waals surface area contributed by atoms with Crippen LogP contribution in [0.25, 0.3) is 10.2 Å². The minimum Gasteiger partial charge on any atom is -0.493 e. The molecule has 0 bridgehead atoms. The molecule has 0 saturated heterocycles. The van der Waals surface area contributed by atoms with Gasteiger partial charge in [0.25, 0.3) is 5.91 Å². The third-order valence-electron chi connectivity index (χ3n) is 4.45. The number of nitrogens with one attached hydrogen (secondary N) is 1. The lowest BCUT2D eigenvalue weighted by Crippen LogP contribution is -2.19. The van der Waals surface area contributed by atoms with Crippen molar-refractivity contribution in [2.75, 3.05) is 12.9 Å². The number of para-hydroxylation sites is 2. The van der Waals surface area contributed by atoms with Crippen molar-refractivity contribution < 1.29 is 14.3 Å². The van der Waals surface area contributed by atoms with Crippen molar-refractivity contribution in [1.29, 1.82) is 0 Å². The van der Waals surface area contributed by atoms with Crippen LogP contribution in [0.15, 0.2) is 82.2 Å². The number of ether oxygens (including phenoxy) is 2. The Bertz CT molecular complexity index is 1190. The normalized spacial score (nSPS) is 11.0. The van der Waals surface area contributed by atoms with Crippen LogP contribution in [0.2, 0.25) is 0 Å². The number of hydrogen-bond acceptors (Lipinski definition) is 7. The molecule has 8 heteroatoms. The maximum atomic E-state index is 12.2. The van der Waals surface area contributed by atoms with Gasteiger partial charge in [0.2, 0.25) is 0 Å². The molecule has 1 N–H and O–H groups in total. The summed E-state index contributed by atoms with van der Waals surface area (Å²) in [6.45, 7) is 0.396. The van der Waals surface area contributed by atoms with Crippen LogP contribution in [-0.4, -0.2) is 30.0 Å². The van der Waals surface area contributed by atoms with Crippen LogP contribution in [0.3, 0.4) is 0 Å². The van der Waals surface area contributed by atoms with Crippen molar-refractivity contribution in [1.82, 2.24) is 10.4 Å². The van der Waals surface area contributed by atoms with Crippen molar-refractivity contribution in [3.8, 4) is 11.5 Å². The van der Waals surface area contributed by atoms with Gasteiger partial charge in [-0.3, -0.25) is 4.79 Å². The molecule has 0 atom stereocenters. The number of rotatable bonds is 9. The van der Waals surface area contributed by atoms with E-state index < -0.39 is 0 Å². The molecular weight excluding hydrogens is 442 g/mol. The van der Waals surface area contributed by atoms with Gasteiger partial charge in [0.15, 0.2) is 15.8 Å². The molecule has 0 aliphatic carbocycles. The summed E-state index contributed by atoms with van der Waals surface area (Å²) < 4.78 is 13.4. The van der Waals surface area contributed by atoms with Gasteiger partial charge >= 0.3 is 0 Å². The van der Waals surface area contributed by atoms with Crippen molar-refractivity contribution in [3.63, 3.8) is 0 Å². The third-order valence-corrected chi connectivity index (χ3v) is 6.63. The minimum atomic E-state index is -0.208. The maximum Gasteiger partial charge on any atom is 0.250 e. The van der Waals surface area contributed by atoms with E-state index in [4.69, 9.17) is 9.47 Å². The SMILES string of the molecule is COc1cccc(/C=N/NC(=O)CSc2nc3ccccc3s2)c1OCc1ccccc1. The van der Waals surface area contributed by atoms with Crippen LogP contribution in [0.1, 0.15) is 11.1 Å². The first-order chi connectivity index (χ1) is 15.7. The molecule has 3 aromatic carbocycles. The highest BCUT2D eigenvalue weighted by Gasteiger charge is 2.10. The Morgan fingerprint density at radius 2 is 1.91 bits per heavy atom. The molecule has 0 unspecified atom stereocenters. The quantitative estimate of drug-likeness (QED) is 0.212. The summed E-state index contributed by atoms with van der Waals surface area (Å²) in [7, 11) is 1.59. The summed E-state index contributed by atoms with van der Waals surface area (Å²) in [4.78, 5) is 16.7. The molecule has 1 amide bonds. The van der Waals surface area contributed by atoms with Gasteiger partial charge in [-0.15, -0.1) is 11.3 Å². The predicted molar refractivity (Wildman–Crippen MR) is 130 cm³/mol. The Labute approximate surface area is 194 Å². The molecule has 0 spiro atoms. The molecule has 162 valence electrons. The fourth-order valence-electron chi connectivity index (χ4n) is 2.93. The number of nitrogens with zero attached hydrogens (tertiary/aromatic N) is 2. The number of carbonyl (C=O) groups excluding carboxylic acids is 1. The van der Waals surface area contributed by atoms with Crippen LogP contribution < -0.4 is 14.9 Å². The van der Waals surface area contributed by atoms with Gasteiger partial charge in [-0.05, 0) is 29.8 Å². The smallest absolute Gasteiger partial charge is 0.250 e. The number of methoxy groups -OCH3 is 1. The number of thioether (sulfide) groups is 1. The lowest BCUT2D eigenvalue weighted by molar-refractivity contribution is -0.118. The van der Waals surface area contributed by atoms with E-state index in [0.717, 1.165) is 20.1 Å². The van der Waals surface area contributed by atoms with Gasteiger partial charge in [-0.25, -0.2) is 10.4 Å². The number of amides is 1. The second kappa shape index (κ2) is 10.8. The summed E-state index contributed by atoms with van der Waals surface area (Å²) >= 11 is 2.96. The summed E-state index contributed by atoms with van der Waals surface area (Å²) in [5, 5.41) is 4.10. The molecule has 0 aliphatic rings. The van der Waals surface area contributed by atoms with E-state index in [1.54, 1.807) is 24.7 Å². The van der Waals surface area contributed by atoms with E-state index in [2.05, 4.69) is 15.5 Å². The molecule has 1 aromatic heterocycles. The molecule has 1 heterocycles. The van der Waals surface area contributed by atoms with Gasteiger partial charge in [0.05, 0.1) is 29.3 Å². The van der Waals surface area contributed by atoms with E-state index in [9.17, 15) is 4.79 Å². The number of hydrazone groups is 1. The van der Waals surface area contributed by atoms with E-state index >= 15 is 0 Å². The molecule has 32 heavy (non-hydrogen) atoms. The number of carbonyl (C=O) groups is 1. The van der Waals surface area contributed by atoms with Crippen LogP contribution in [-0.2, 0) is 11.4 Å². The first kappa shape index (κ1) is 21.9. The van der Waals surface area contributed by atoms with Crippen LogP contribution in [0, 0.1) is 0 Å². The van der Waals surface area contributed by atoms with Gasteiger partial charge in [-0.2, -0.15) is 5.10 Å². The minimum absolute atomic E-state index is 0.208. The average molecular weight is 464 g/mol. The molecule has 4 aromatic rings. The number of fused-ring (bicyclic) bond motifs is 1. The topological polar surface area (TPSA) is 72.8 Å². The first-order valence-electron chi connectivity index (χ1n) is 9.87. The highest BCUT2D eigenvalue weighted by molar-refractivity contribution is 8.01. The second-order valence-electron chi connectivity index (χ2n) is 6.68. The molecule has 0 fully saturated rings. The molecule has 0 aliphatic heterocycles. The maximum absolute atomic E-state index is 12.2. The largest absolute Gasteiger partial charge is 0.493 e. The van der Waals surface area contributed by atoms with E-state index in [0.29, 0.717) is 23.7 Å². The lowest BCUT2D eigenvalue weighted by Gasteiger charge is -2.13. The van der Waals surface area contributed by atoms with E-state index in [1.807, 2.05) is 72.8 Å². The molecule has 0 saturated carbocycles. The van der Waals surface area contributed by atoms with Crippen LogP contribution in [0.5, 0.6) is 11.5 Å². The Kier molecular flexibility index (Phi) is 7.37. The Hall–Kier alpha value is -3.36. The van der Waals surface area contributed by atoms with Crippen molar-refractivity contribution >= 4 is 45.4 Å². The highest BCUT2D eigenvalue weighted by atomic mass is 32.2. The van der Waals surface area contributed by atoms with Crippen LogP contribution in [0.4, 0.5) is 0 Å². The summed E-state index contributed by atoms with van der Waals surface area (Å²) in [5.74, 6) is 1.19. The van der Waals surface area contributed by atoms with Crippen molar-refractivity contribution in [2.45, 2.75) is 10.9 Å². The van der Waals surface area contributed by atoms with Gasteiger partial charge in [0.1, 0.15) is 6.61 Å². The van der Waals surface area contributed by atoms with Crippen LogP contribution >= 0.6 is 23.1 Å². The summed E-state index contributed by atoms with van der Waals surface area (Å²) in [5.41, 5.74) is 5.26. The van der Waals surface area contributed by atoms with Gasteiger partial charge in [0, 0.05) is 5.56 Å². The summed E-state index contributed by atoms with van der Waals surface area (Å²) in [6, 6.07) is 23.3. The summed E-state index contributed by atoms with van der Waals surface area (Å²) in [6.07, 6.45) is 1.56. The Balaban J connectivity index is 1.36. The Morgan fingerprint density at radius 1 is 1.09 bits per heavy atom. The zero-order valence-electron chi connectivity index (χ0n) is 17.4. The number of aromatic nitrogens is 1. The zero-order valence-corrected chi connectivity index (χ0v) is 19.0. The highest BCUT2D eigenvalue weighted by Crippen LogP contribution is 2.31. The predicted octanol–water partition coefficient (Wildman–Crippen LogP) is 5.13. The van der Waals surface area contributed by atoms with E-state index in [-0.39, 0.29) is 11.7 Å². The molecular formula is C24H21N3O3S2. The monoisotopic (exact) mass is 463 g/mol. The Morgan fingerprint density at radius 3 is 2.72 bits per heavy atom. The third kappa shape index (κ3) is 5.66. The fraction of sp³-hybridized carbons (Fsp3) is 0.125. The average Bonchev–Trinajstić information content (AvgIpc) is 3.25. The molecule has 4 rings (SSSR count). The first-order valence-corrected chi connectivity index (χ1v) is 11.7. The molecule has 0 radical (unpaired) electrons. The van der Waals surface area contributed by atoms with Crippen molar-refractivity contribution in [2.24, 2.45) is 5.10 Å². The number of benzene rings is 3. The molecule has 6 nitrogen and oxygen atoms in total. The van der Waals surface area contributed by atoms with E-state index in [1.165, 1.54) is 11.8 Å². The second-order valence-corrected chi connectivity index (χ2v) is 8.94. The number of thiazole rings is 1. The van der Waals surface area contributed by atoms with Crippen molar-refractivity contribution in [3.05, 3.63) is 83.9 Å². The fourth-order valence-corrected chi connectivity index (χ4v) is 4.79. The zero-order chi connectivity index (χ0) is 22.2. The lowest BCUT2D eigenvalue weighted by atomic mass is 10.2. The van der Waals surface area contributed by atoms with Gasteiger partial charge in [-0.1, -0.05) is 60.3 Å². The number of hydrogen-bond donors (Lipinski definition) is 1. The standard InChI is InChI=1S/C24H21N3O3S2/c1-29-20-12-7-10-18(23(20)30-15-17-8-3-2-4-9-17)14-25-27-22(28)16-31-24-26-19-11-5-6-13-21(19)32-24/h2-14H,15-16H2,1H3,(H,27,28)/b25-14+.